The second-order valence-electron chi connectivity index (χ2n) is 2.66. The molecule has 0 saturated heterocycles. The lowest BCUT2D eigenvalue weighted by Gasteiger charge is -2.20. The Labute approximate surface area is 75.2 Å². The molecule has 0 aromatic rings. The standard InChI is InChI=1S/C6H11ClN2O3/c1-6(2,4(8)10)9-5(11)12-3-7/h3H2,1-2H3,(H2,8,10)(H,9,11). The quantitative estimate of drug-likeness (QED) is 0.629. The van der Waals surface area contributed by atoms with Gasteiger partial charge in [-0.15, -0.1) is 0 Å². The van der Waals surface area contributed by atoms with Gasteiger partial charge in [-0.1, -0.05) is 11.6 Å². The lowest BCUT2D eigenvalue weighted by Crippen LogP contribution is -2.53. The van der Waals surface area contributed by atoms with E-state index in [4.69, 9.17) is 17.3 Å². The Balaban J connectivity index is 4.06. The van der Waals surface area contributed by atoms with Gasteiger partial charge < -0.3 is 15.8 Å². The number of nitrogens with one attached hydrogen (secondary N) is 1. The number of carbonyl (C=O) groups is 2. The van der Waals surface area contributed by atoms with Crippen molar-refractivity contribution >= 4 is 23.6 Å². The highest BCUT2D eigenvalue weighted by atomic mass is 35.5. The van der Waals surface area contributed by atoms with Gasteiger partial charge in [-0.2, -0.15) is 0 Å². The smallest absolute Gasteiger partial charge is 0.409 e. The number of halogens is 1. The van der Waals surface area contributed by atoms with Crippen LogP contribution in [0.2, 0.25) is 0 Å². The summed E-state index contributed by atoms with van der Waals surface area (Å²) in [6.07, 6.45) is -0.770. The van der Waals surface area contributed by atoms with Gasteiger partial charge in [0, 0.05) is 0 Å². The van der Waals surface area contributed by atoms with Gasteiger partial charge in [-0.05, 0) is 13.8 Å². The molecule has 0 bridgehead atoms. The number of alkyl halides is 1. The molecule has 0 aromatic carbocycles. The van der Waals surface area contributed by atoms with Crippen molar-refractivity contribution in [2.45, 2.75) is 19.4 Å². The monoisotopic (exact) mass is 194 g/mol. The number of amides is 2. The summed E-state index contributed by atoms with van der Waals surface area (Å²) in [6.45, 7) is 2.93. The highest BCUT2D eigenvalue weighted by Gasteiger charge is 2.27. The number of primary amides is 1. The maximum absolute atomic E-state index is 10.7. The molecule has 70 valence electrons. The summed E-state index contributed by atoms with van der Waals surface area (Å²) in [7, 11) is 0. The van der Waals surface area contributed by atoms with Gasteiger partial charge in [-0.25, -0.2) is 4.79 Å². The van der Waals surface area contributed by atoms with Crippen molar-refractivity contribution in [1.29, 1.82) is 0 Å². The van der Waals surface area contributed by atoms with Crippen LogP contribution in [0.4, 0.5) is 4.79 Å². The maximum Gasteiger partial charge on any atom is 0.409 e. The molecular weight excluding hydrogens is 184 g/mol. The fourth-order valence-electron chi connectivity index (χ4n) is 0.402. The molecule has 0 fully saturated rings. The Hall–Kier alpha value is -0.970. The summed E-state index contributed by atoms with van der Waals surface area (Å²) in [4.78, 5) is 21.4. The fourth-order valence-corrected chi connectivity index (χ4v) is 0.501. The zero-order valence-corrected chi connectivity index (χ0v) is 7.64. The van der Waals surface area contributed by atoms with E-state index in [2.05, 4.69) is 10.1 Å². The van der Waals surface area contributed by atoms with Crippen molar-refractivity contribution in [3.63, 3.8) is 0 Å². The van der Waals surface area contributed by atoms with Gasteiger partial charge in [0.1, 0.15) is 5.54 Å². The summed E-state index contributed by atoms with van der Waals surface area (Å²) in [5, 5.41) is 2.24. The second kappa shape index (κ2) is 4.15. The van der Waals surface area contributed by atoms with Gasteiger partial charge in [0.15, 0.2) is 6.07 Å². The van der Waals surface area contributed by atoms with Gasteiger partial charge in [0.05, 0.1) is 0 Å². The van der Waals surface area contributed by atoms with Crippen LogP contribution < -0.4 is 11.1 Å². The van der Waals surface area contributed by atoms with Gasteiger partial charge in [0.25, 0.3) is 0 Å². The van der Waals surface area contributed by atoms with Crippen LogP contribution in [-0.2, 0) is 9.53 Å². The number of carbonyl (C=O) groups excluding carboxylic acids is 2. The number of alkyl carbamates (subject to hydrolysis) is 1. The third-order valence-corrected chi connectivity index (χ3v) is 1.33. The van der Waals surface area contributed by atoms with Crippen molar-refractivity contribution in [3.8, 4) is 0 Å². The summed E-state index contributed by atoms with van der Waals surface area (Å²) in [6, 6.07) is -0.263. The average Bonchev–Trinajstić information content (AvgIpc) is 1.85. The van der Waals surface area contributed by atoms with E-state index in [0.29, 0.717) is 0 Å². The maximum atomic E-state index is 10.7. The van der Waals surface area contributed by atoms with Crippen LogP contribution in [0.15, 0.2) is 0 Å². The lowest BCUT2D eigenvalue weighted by molar-refractivity contribution is -0.123. The Kier molecular flexibility index (Phi) is 3.82. The van der Waals surface area contributed by atoms with Crippen LogP contribution in [0.1, 0.15) is 13.8 Å². The molecule has 2 amide bonds. The summed E-state index contributed by atoms with van der Waals surface area (Å²) in [5.74, 6) is -0.644. The molecular formula is C6H11ClN2O3. The molecule has 0 aliphatic rings. The van der Waals surface area contributed by atoms with E-state index in [1.54, 1.807) is 0 Å². The van der Waals surface area contributed by atoms with E-state index in [-0.39, 0.29) is 6.07 Å². The Morgan fingerprint density at radius 1 is 1.58 bits per heavy atom. The van der Waals surface area contributed by atoms with E-state index in [1.165, 1.54) is 13.8 Å². The predicted octanol–water partition coefficient (Wildman–Crippen LogP) is 0.173. The normalized spacial score (nSPS) is 10.6. The summed E-state index contributed by atoms with van der Waals surface area (Å²) in [5.41, 5.74) is 3.85. The van der Waals surface area contributed by atoms with Crippen molar-refractivity contribution in [1.82, 2.24) is 5.32 Å². The zero-order valence-electron chi connectivity index (χ0n) is 6.89. The molecule has 0 aliphatic heterocycles. The minimum Gasteiger partial charge on any atom is -0.433 e. The first-order valence-corrected chi connectivity index (χ1v) is 3.74. The van der Waals surface area contributed by atoms with Crippen LogP contribution in [0.3, 0.4) is 0 Å². The van der Waals surface area contributed by atoms with E-state index in [9.17, 15) is 9.59 Å². The molecule has 0 aliphatic carbocycles. The summed E-state index contributed by atoms with van der Waals surface area (Å²) < 4.78 is 4.34. The first-order valence-electron chi connectivity index (χ1n) is 3.21. The largest absolute Gasteiger partial charge is 0.433 e. The van der Waals surface area contributed by atoms with E-state index < -0.39 is 17.5 Å². The second-order valence-corrected chi connectivity index (χ2v) is 2.87. The van der Waals surface area contributed by atoms with Gasteiger partial charge in [-0.3, -0.25) is 4.79 Å². The third kappa shape index (κ3) is 3.43. The number of nitrogens with two attached hydrogens (primary N) is 1. The minimum atomic E-state index is -1.12. The molecule has 3 N–H and O–H groups in total. The van der Waals surface area contributed by atoms with E-state index >= 15 is 0 Å². The molecule has 0 atom stereocenters. The molecule has 0 heterocycles. The Morgan fingerprint density at radius 3 is 2.42 bits per heavy atom. The SMILES string of the molecule is CC(C)(NC(=O)OCCl)C(N)=O. The number of ether oxygens (including phenoxy) is 1. The van der Waals surface area contributed by atoms with E-state index in [1.807, 2.05) is 0 Å². The molecule has 12 heavy (non-hydrogen) atoms. The molecule has 0 radical (unpaired) electrons. The third-order valence-electron chi connectivity index (χ3n) is 1.22. The number of rotatable bonds is 3. The Bertz CT molecular complexity index is 193. The van der Waals surface area contributed by atoms with Gasteiger partial charge in [0.2, 0.25) is 5.91 Å². The molecule has 0 rings (SSSR count). The molecule has 0 unspecified atom stereocenters. The Morgan fingerprint density at radius 2 is 2.08 bits per heavy atom. The molecule has 6 heteroatoms. The minimum absolute atomic E-state index is 0.263. The molecule has 0 spiro atoms. The lowest BCUT2D eigenvalue weighted by atomic mass is 10.1. The van der Waals surface area contributed by atoms with Crippen LogP contribution in [0.25, 0.3) is 0 Å². The topological polar surface area (TPSA) is 81.4 Å². The van der Waals surface area contributed by atoms with Crippen LogP contribution >= 0.6 is 11.6 Å². The molecule has 0 aromatic heterocycles. The van der Waals surface area contributed by atoms with Crippen molar-refractivity contribution in [2.24, 2.45) is 5.73 Å². The predicted molar refractivity (Wildman–Crippen MR) is 43.6 cm³/mol. The average molecular weight is 195 g/mol. The van der Waals surface area contributed by atoms with Crippen LogP contribution in [0, 0.1) is 0 Å². The zero-order chi connectivity index (χ0) is 9.78. The molecule has 5 nitrogen and oxygen atoms in total. The van der Waals surface area contributed by atoms with Crippen LogP contribution in [0.5, 0.6) is 0 Å². The number of hydrogen-bond donors (Lipinski definition) is 2. The highest BCUT2D eigenvalue weighted by Crippen LogP contribution is 2.00. The number of hydrogen-bond acceptors (Lipinski definition) is 3. The summed E-state index contributed by atoms with van der Waals surface area (Å²) >= 11 is 5.11. The van der Waals surface area contributed by atoms with Crippen molar-refractivity contribution in [2.75, 3.05) is 6.07 Å². The fraction of sp³-hybridized carbons (Fsp3) is 0.667. The first-order chi connectivity index (χ1) is 5.40. The van der Waals surface area contributed by atoms with Crippen molar-refractivity contribution < 1.29 is 14.3 Å². The van der Waals surface area contributed by atoms with Crippen molar-refractivity contribution in [3.05, 3.63) is 0 Å². The first kappa shape index (κ1) is 11.0. The highest BCUT2D eigenvalue weighted by molar-refractivity contribution is 6.17. The molecule has 0 saturated carbocycles. The van der Waals surface area contributed by atoms with E-state index in [0.717, 1.165) is 0 Å². The van der Waals surface area contributed by atoms with Crippen LogP contribution in [-0.4, -0.2) is 23.6 Å². The van der Waals surface area contributed by atoms with Gasteiger partial charge >= 0.3 is 6.09 Å².